The molecule has 1 heterocycles. The maximum Gasteiger partial charge on any atom is 0.228 e. The predicted octanol–water partition coefficient (Wildman–Crippen LogP) is 3.30. The first-order chi connectivity index (χ1) is 10.1. The molecule has 21 heavy (non-hydrogen) atoms. The van der Waals surface area contributed by atoms with Crippen LogP contribution in [0.3, 0.4) is 0 Å². The Morgan fingerprint density at radius 3 is 2.76 bits per heavy atom. The van der Waals surface area contributed by atoms with Crippen molar-refractivity contribution >= 4 is 5.69 Å². The molecule has 0 radical (unpaired) electrons. The number of ether oxygens (including phenoxy) is 1. The van der Waals surface area contributed by atoms with Gasteiger partial charge in [0.05, 0.1) is 0 Å². The summed E-state index contributed by atoms with van der Waals surface area (Å²) in [7, 11) is 1.67. The number of nitrogens with zero attached hydrogens (tertiary/aromatic N) is 2. The largest absolute Gasteiger partial charge is 0.384 e. The number of aryl methyl sites for hydroxylation is 1. The number of hydrogen-bond donors (Lipinski definition) is 1. The first-order valence-electron chi connectivity index (χ1n) is 7.27. The lowest BCUT2D eigenvalue weighted by Crippen LogP contribution is -2.24. The summed E-state index contributed by atoms with van der Waals surface area (Å²) >= 11 is 0. The van der Waals surface area contributed by atoms with E-state index in [1.807, 2.05) is 26.0 Å². The zero-order chi connectivity index (χ0) is 15.3. The van der Waals surface area contributed by atoms with Crippen molar-refractivity contribution in [2.24, 2.45) is 0 Å². The van der Waals surface area contributed by atoms with Crippen LogP contribution in [0.2, 0.25) is 0 Å². The van der Waals surface area contributed by atoms with Crippen LogP contribution in [0.1, 0.15) is 37.5 Å². The third-order valence-electron chi connectivity index (χ3n) is 3.87. The minimum Gasteiger partial charge on any atom is -0.384 e. The van der Waals surface area contributed by atoms with E-state index in [9.17, 15) is 0 Å². The number of methoxy groups -OCH3 is 1. The third kappa shape index (κ3) is 3.61. The molecule has 1 atom stereocenters. The van der Waals surface area contributed by atoms with Gasteiger partial charge in [0.15, 0.2) is 0 Å². The molecule has 0 aliphatic heterocycles. The molecule has 2 rings (SSSR count). The van der Waals surface area contributed by atoms with Crippen molar-refractivity contribution in [2.45, 2.75) is 39.2 Å². The quantitative estimate of drug-likeness (QED) is 0.847. The van der Waals surface area contributed by atoms with E-state index in [-0.39, 0.29) is 0 Å². The Morgan fingerprint density at radius 2 is 2.10 bits per heavy atom. The fraction of sp³-hybridized carbons (Fsp3) is 0.500. The van der Waals surface area contributed by atoms with E-state index in [2.05, 4.69) is 34.5 Å². The monoisotopic (exact) mass is 289 g/mol. The molecule has 1 aromatic carbocycles. The molecule has 0 aliphatic carbocycles. The number of nitrogens with one attached hydrogen (secondary N) is 1. The fourth-order valence-corrected chi connectivity index (χ4v) is 2.04. The van der Waals surface area contributed by atoms with Crippen molar-refractivity contribution < 1.29 is 9.26 Å². The molecule has 0 saturated heterocycles. The van der Waals surface area contributed by atoms with Crippen molar-refractivity contribution in [3.05, 3.63) is 41.5 Å². The van der Waals surface area contributed by atoms with Gasteiger partial charge >= 0.3 is 0 Å². The number of para-hydroxylation sites is 1. The van der Waals surface area contributed by atoms with Crippen molar-refractivity contribution in [3.63, 3.8) is 0 Å². The second-order valence-electron chi connectivity index (χ2n) is 5.29. The number of aromatic nitrogens is 2. The predicted molar refractivity (Wildman–Crippen MR) is 82.3 cm³/mol. The summed E-state index contributed by atoms with van der Waals surface area (Å²) in [5.74, 6) is 1.24. The Morgan fingerprint density at radius 1 is 1.33 bits per heavy atom. The third-order valence-corrected chi connectivity index (χ3v) is 3.87. The molecule has 1 aromatic heterocycles. The van der Waals surface area contributed by atoms with Crippen LogP contribution in [0.4, 0.5) is 5.69 Å². The van der Waals surface area contributed by atoms with Gasteiger partial charge in [-0.2, -0.15) is 4.98 Å². The van der Waals surface area contributed by atoms with Gasteiger partial charge in [-0.1, -0.05) is 30.3 Å². The average molecular weight is 289 g/mol. The van der Waals surface area contributed by atoms with Crippen LogP contribution in [0, 0.1) is 6.92 Å². The Bertz CT molecular complexity index is 576. The molecule has 2 aromatic rings. The maximum atomic E-state index is 5.48. The minimum absolute atomic E-state index is 0.481. The molecule has 0 fully saturated rings. The molecule has 1 N–H and O–H groups in total. The van der Waals surface area contributed by atoms with Gasteiger partial charge in [-0.15, -0.1) is 0 Å². The molecule has 1 unspecified atom stereocenters. The number of rotatable bonds is 7. The zero-order valence-electron chi connectivity index (χ0n) is 13.1. The number of anilines is 1. The van der Waals surface area contributed by atoms with Crippen molar-refractivity contribution in [1.29, 1.82) is 0 Å². The summed E-state index contributed by atoms with van der Waals surface area (Å²) < 4.78 is 10.8. The average Bonchev–Trinajstić information content (AvgIpc) is 2.98. The number of benzene rings is 1. The Kier molecular flexibility index (Phi) is 4.96. The van der Waals surface area contributed by atoms with Gasteiger partial charge in [-0.3, -0.25) is 0 Å². The second kappa shape index (κ2) is 6.72. The smallest absolute Gasteiger partial charge is 0.228 e. The van der Waals surface area contributed by atoms with Gasteiger partial charge in [0, 0.05) is 25.8 Å². The number of hydrogen-bond acceptors (Lipinski definition) is 5. The molecule has 5 nitrogen and oxygen atoms in total. The van der Waals surface area contributed by atoms with Crippen LogP contribution in [0.5, 0.6) is 0 Å². The lowest BCUT2D eigenvalue weighted by Gasteiger charge is -2.21. The Hall–Kier alpha value is -1.88. The van der Waals surface area contributed by atoms with Crippen LogP contribution in [0.15, 0.2) is 28.8 Å². The Labute approximate surface area is 125 Å². The SMILES string of the molecule is CCC(C)(OC)c1noc(CCNc2ccccc2C)n1. The van der Waals surface area contributed by atoms with E-state index >= 15 is 0 Å². The van der Waals surface area contributed by atoms with Gasteiger partial charge in [0.1, 0.15) is 5.60 Å². The fourth-order valence-electron chi connectivity index (χ4n) is 2.04. The van der Waals surface area contributed by atoms with E-state index in [1.54, 1.807) is 7.11 Å². The van der Waals surface area contributed by atoms with Gasteiger partial charge < -0.3 is 14.6 Å². The topological polar surface area (TPSA) is 60.2 Å². The lowest BCUT2D eigenvalue weighted by molar-refractivity contribution is -0.0106. The molecule has 0 spiro atoms. The zero-order valence-corrected chi connectivity index (χ0v) is 13.1. The second-order valence-corrected chi connectivity index (χ2v) is 5.29. The van der Waals surface area contributed by atoms with Crippen LogP contribution in [0.25, 0.3) is 0 Å². The van der Waals surface area contributed by atoms with Crippen molar-refractivity contribution in [3.8, 4) is 0 Å². The van der Waals surface area contributed by atoms with Crippen molar-refractivity contribution in [2.75, 3.05) is 19.0 Å². The highest BCUT2D eigenvalue weighted by Gasteiger charge is 2.29. The molecule has 0 bridgehead atoms. The molecular formula is C16H23N3O2. The van der Waals surface area contributed by atoms with E-state index < -0.39 is 5.60 Å². The summed E-state index contributed by atoms with van der Waals surface area (Å²) in [6, 6.07) is 8.19. The molecule has 114 valence electrons. The van der Waals surface area contributed by atoms with Crippen LogP contribution >= 0.6 is 0 Å². The minimum atomic E-state index is -0.481. The van der Waals surface area contributed by atoms with Gasteiger partial charge in [0.2, 0.25) is 11.7 Å². The van der Waals surface area contributed by atoms with Crippen molar-refractivity contribution in [1.82, 2.24) is 10.1 Å². The first kappa shape index (κ1) is 15.5. The lowest BCUT2D eigenvalue weighted by atomic mass is 10.0. The summed E-state index contributed by atoms with van der Waals surface area (Å²) in [4.78, 5) is 4.43. The highest BCUT2D eigenvalue weighted by molar-refractivity contribution is 5.50. The van der Waals surface area contributed by atoms with Gasteiger partial charge in [-0.05, 0) is 31.9 Å². The summed E-state index contributed by atoms with van der Waals surface area (Å²) in [6.45, 7) is 6.84. The normalized spacial score (nSPS) is 13.9. The van der Waals surface area contributed by atoms with Crippen LogP contribution in [-0.4, -0.2) is 23.8 Å². The summed E-state index contributed by atoms with van der Waals surface area (Å²) in [5, 5.41) is 7.41. The summed E-state index contributed by atoms with van der Waals surface area (Å²) in [5.41, 5.74) is 1.87. The van der Waals surface area contributed by atoms with E-state index in [0.717, 1.165) is 18.7 Å². The molecule has 0 aliphatic rings. The molecule has 5 heteroatoms. The molecule has 0 saturated carbocycles. The summed E-state index contributed by atoms with van der Waals surface area (Å²) in [6.07, 6.45) is 1.48. The van der Waals surface area contributed by atoms with Crippen LogP contribution in [-0.2, 0) is 16.8 Å². The van der Waals surface area contributed by atoms with E-state index in [1.165, 1.54) is 5.56 Å². The Balaban J connectivity index is 1.93. The van der Waals surface area contributed by atoms with Gasteiger partial charge in [-0.25, -0.2) is 0 Å². The molecular weight excluding hydrogens is 266 g/mol. The van der Waals surface area contributed by atoms with Crippen LogP contribution < -0.4 is 5.32 Å². The standard InChI is InChI=1S/C16H23N3O2/c1-5-16(3,20-4)15-18-14(21-19-15)10-11-17-13-9-7-6-8-12(13)2/h6-9,17H,5,10-11H2,1-4H3. The first-order valence-corrected chi connectivity index (χ1v) is 7.27. The maximum absolute atomic E-state index is 5.48. The molecule has 0 amide bonds. The van der Waals surface area contributed by atoms with E-state index in [0.29, 0.717) is 18.1 Å². The van der Waals surface area contributed by atoms with E-state index in [4.69, 9.17) is 9.26 Å². The highest BCUT2D eigenvalue weighted by atomic mass is 16.5. The van der Waals surface area contributed by atoms with Gasteiger partial charge in [0.25, 0.3) is 0 Å². The highest BCUT2D eigenvalue weighted by Crippen LogP contribution is 2.25.